The maximum Gasteiger partial charge on any atom is 0.253 e. The van der Waals surface area contributed by atoms with Crippen molar-refractivity contribution in [1.29, 1.82) is 0 Å². The van der Waals surface area contributed by atoms with E-state index in [0.29, 0.717) is 5.56 Å². The van der Waals surface area contributed by atoms with Gasteiger partial charge in [0, 0.05) is 43.3 Å². The van der Waals surface area contributed by atoms with E-state index in [2.05, 4.69) is 67.6 Å². The molecule has 38 heavy (non-hydrogen) atoms. The van der Waals surface area contributed by atoms with Gasteiger partial charge >= 0.3 is 0 Å². The molecule has 2 aliphatic rings. The minimum atomic E-state index is -0.308. The second kappa shape index (κ2) is 10.6. The van der Waals surface area contributed by atoms with E-state index < -0.39 is 0 Å². The molecule has 6 rings (SSSR count). The maximum atomic E-state index is 13.6. The van der Waals surface area contributed by atoms with E-state index in [1.54, 1.807) is 0 Å². The summed E-state index contributed by atoms with van der Waals surface area (Å²) in [5.41, 5.74) is 5.04. The average molecular weight is 532 g/mol. The number of halogens is 1. The second-order valence-electron chi connectivity index (χ2n) is 10.9. The van der Waals surface area contributed by atoms with E-state index >= 15 is 0 Å². The molecule has 2 aromatic carbocycles. The largest absolute Gasteiger partial charge is 0.321 e. The van der Waals surface area contributed by atoms with Crippen LogP contribution in [0.5, 0.6) is 0 Å². The first-order valence-electron chi connectivity index (χ1n) is 13.6. The standard InChI is InChI=1S/C29H34ClN7O/c1-19-15-20(2)26-22(16-19)17-25(29(38)31-26)27(28-32-33-34-37(28)24-5-3-4-6-24)36-13-11-35(12-14-36)18-21-7-9-23(30)10-8-21/h7-10,15-17,24,27H,3-6,11-14,18H2,1-2H3,(H,31,38)/t27-/m1/s1. The van der Waals surface area contributed by atoms with Crippen LogP contribution in [0.2, 0.25) is 5.02 Å². The van der Waals surface area contributed by atoms with Crippen molar-refractivity contribution in [1.82, 2.24) is 35.0 Å². The highest BCUT2D eigenvalue weighted by Gasteiger charge is 2.34. The van der Waals surface area contributed by atoms with E-state index in [1.165, 1.54) is 24.0 Å². The first-order chi connectivity index (χ1) is 18.5. The van der Waals surface area contributed by atoms with Crippen LogP contribution in [0.15, 0.2) is 47.3 Å². The molecule has 0 spiro atoms. The number of rotatable bonds is 6. The van der Waals surface area contributed by atoms with Crippen LogP contribution in [0, 0.1) is 13.8 Å². The molecule has 4 aromatic rings. The van der Waals surface area contributed by atoms with E-state index in [-0.39, 0.29) is 17.6 Å². The molecule has 0 radical (unpaired) electrons. The normalized spacial score (nSPS) is 18.4. The molecule has 1 aliphatic heterocycles. The lowest BCUT2D eigenvalue weighted by Crippen LogP contribution is -2.48. The number of aryl methyl sites for hydroxylation is 2. The minimum absolute atomic E-state index is 0.0704. The summed E-state index contributed by atoms with van der Waals surface area (Å²) in [4.78, 5) is 21.7. The summed E-state index contributed by atoms with van der Waals surface area (Å²) < 4.78 is 2.00. The zero-order chi connectivity index (χ0) is 26.2. The van der Waals surface area contributed by atoms with Crippen LogP contribution in [0.1, 0.15) is 65.8 Å². The Labute approximate surface area is 227 Å². The summed E-state index contributed by atoms with van der Waals surface area (Å²) in [6.45, 7) is 8.45. The third-order valence-electron chi connectivity index (χ3n) is 8.14. The molecule has 0 bridgehead atoms. The number of aromatic amines is 1. The number of aromatic nitrogens is 5. The van der Waals surface area contributed by atoms with Gasteiger partial charge in [-0.25, -0.2) is 4.68 Å². The number of H-pyrrole nitrogens is 1. The van der Waals surface area contributed by atoms with Crippen molar-refractivity contribution in [2.45, 2.75) is 58.2 Å². The SMILES string of the molecule is Cc1cc(C)c2[nH]c(=O)c([C@H](c3nnnn3C3CCCC3)N3CCN(Cc4ccc(Cl)cc4)CC3)cc2c1. The molecule has 8 nitrogen and oxygen atoms in total. The summed E-state index contributed by atoms with van der Waals surface area (Å²) in [6.07, 6.45) is 4.53. The molecule has 198 valence electrons. The quantitative estimate of drug-likeness (QED) is 0.384. The molecule has 0 unspecified atom stereocenters. The summed E-state index contributed by atoms with van der Waals surface area (Å²) >= 11 is 6.08. The van der Waals surface area contributed by atoms with Crippen LogP contribution in [0.3, 0.4) is 0 Å². The van der Waals surface area contributed by atoms with Crippen molar-refractivity contribution < 1.29 is 0 Å². The molecule has 1 aliphatic carbocycles. The number of hydrogen-bond acceptors (Lipinski definition) is 6. The number of pyridine rings is 1. The second-order valence-corrected chi connectivity index (χ2v) is 11.3. The van der Waals surface area contributed by atoms with Crippen molar-refractivity contribution in [3.05, 3.63) is 85.9 Å². The van der Waals surface area contributed by atoms with Gasteiger partial charge in [0.2, 0.25) is 0 Å². The van der Waals surface area contributed by atoms with Gasteiger partial charge in [0.05, 0.1) is 11.6 Å². The lowest BCUT2D eigenvalue weighted by molar-refractivity contribution is 0.0989. The topological polar surface area (TPSA) is 82.9 Å². The highest BCUT2D eigenvalue weighted by molar-refractivity contribution is 6.30. The van der Waals surface area contributed by atoms with Gasteiger partial charge in [0.15, 0.2) is 5.82 Å². The van der Waals surface area contributed by atoms with Gasteiger partial charge in [0.1, 0.15) is 6.04 Å². The Morgan fingerprint density at radius 3 is 2.50 bits per heavy atom. The summed E-state index contributed by atoms with van der Waals surface area (Å²) in [7, 11) is 0. The Morgan fingerprint density at radius 1 is 1.03 bits per heavy atom. The Bertz CT molecular complexity index is 1480. The number of fused-ring (bicyclic) bond motifs is 1. The van der Waals surface area contributed by atoms with Gasteiger partial charge < -0.3 is 4.98 Å². The predicted molar refractivity (Wildman–Crippen MR) is 150 cm³/mol. The molecule has 1 N–H and O–H groups in total. The fraction of sp³-hybridized carbons (Fsp3) is 0.448. The number of piperazine rings is 1. The molecule has 1 atom stereocenters. The van der Waals surface area contributed by atoms with Gasteiger partial charge in [-0.2, -0.15) is 0 Å². The Hall–Kier alpha value is -3.07. The zero-order valence-corrected chi connectivity index (χ0v) is 22.8. The van der Waals surface area contributed by atoms with Gasteiger partial charge in [-0.15, -0.1) is 5.10 Å². The first kappa shape index (κ1) is 25.2. The molecule has 1 saturated carbocycles. The van der Waals surface area contributed by atoms with Crippen LogP contribution in [0.25, 0.3) is 10.9 Å². The summed E-state index contributed by atoms with van der Waals surface area (Å²) in [6, 6.07) is 14.4. The van der Waals surface area contributed by atoms with Crippen LogP contribution in [-0.4, -0.2) is 61.2 Å². The average Bonchev–Trinajstić information content (AvgIpc) is 3.60. The van der Waals surface area contributed by atoms with Crippen molar-refractivity contribution >= 4 is 22.5 Å². The summed E-state index contributed by atoms with van der Waals surface area (Å²) in [5.74, 6) is 0.775. The van der Waals surface area contributed by atoms with Crippen LogP contribution in [0.4, 0.5) is 0 Å². The third-order valence-corrected chi connectivity index (χ3v) is 8.39. The molecule has 3 heterocycles. The number of nitrogens with one attached hydrogen (secondary N) is 1. The monoisotopic (exact) mass is 531 g/mol. The van der Waals surface area contributed by atoms with E-state index in [0.717, 1.165) is 72.9 Å². The van der Waals surface area contributed by atoms with Crippen molar-refractivity contribution in [3.63, 3.8) is 0 Å². The third kappa shape index (κ3) is 5.00. The first-order valence-corrected chi connectivity index (χ1v) is 14.0. The fourth-order valence-corrected chi connectivity index (χ4v) is 6.35. The maximum absolute atomic E-state index is 13.6. The highest BCUT2D eigenvalue weighted by Crippen LogP contribution is 2.34. The fourth-order valence-electron chi connectivity index (χ4n) is 6.22. The lowest BCUT2D eigenvalue weighted by atomic mass is 10.00. The van der Waals surface area contributed by atoms with Crippen molar-refractivity contribution in [3.8, 4) is 0 Å². The molecular formula is C29H34ClN7O. The van der Waals surface area contributed by atoms with E-state index in [1.807, 2.05) is 23.7 Å². The van der Waals surface area contributed by atoms with Crippen LogP contribution < -0.4 is 5.56 Å². The van der Waals surface area contributed by atoms with Crippen LogP contribution in [-0.2, 0) is 6.54 Å². The summed E-state index contributed by atoms with van der Waals surface area (Å²) in [5, 5.41) is 14.9. The van der Waals surface area contributed by atoms with Gasteiger partial charge in [-0.3, -0.25) is 14.6 Å². The smallest absolute Gasteiger partial charge is 0.253 e. The number of hydrogen-bond donors (Lipinski definition) is 1. The Balaban J connectivity index is 1.35. The number of nitrogens with zero attached hydrogens (tertiary/aromatic N) is 6. The van der Waals surface area contributed by atoms with Crippen molar-refractivity contribution in [2.75, 3.05) is 26.2 Å². The molecule has 0 amide bonds. The van der Waals surface area contributed by atoms with Crippen molar-refractivity contribution in [2.24, 2.45) is 0 Å². The molecule has 1 saturated heterocycles. The van der Waals surface area contributed by atoms with E-state index in [9.17, 15) is 4.79 Å². The molecular weight excluding hydrogens is 498 g/mol. The van der Waals surface area contributed by atoms with Gasteiger partial charge in [0.25, 0.3) is 5.56 Å². The number of benzene rings is 2. The van der Waals surface area contributed by atoms with E-state index in [4.69, 9.17) is 11.6 Å². The molecule has 2 fully saturated rings. The van der Waals surface area contributed by atoms with Gasteiger partial charge in [-0.05, 0) is 77.9 Å². The molecule has 2 aromatic heterocycles. The Morgan fingerprint density at radius 2 is 1.76 bits per heavy atom. The Kier molecular flexibility index (Phi) is 7.03. The minimum Gasteiger partial charge on any atom is -0.321 e. The number of tetrazole rings is 1. The highest BCUT2D eigenvalue weighted by atomic mass is 35.5. The molecule has 9 heteroatoms. The van der Waals surface area contributed by atoms with Gasteiger partial charge in [-0.1, -0.05) is 48.2 Å². The lowest BCUT2D eigenvalue weighted by Gasteiger charge is -2.39. The zero-order valence-electron chi connectivity index (χ0n) is 22.0. The predicted octanol–water partition coefficient (Wildman–Crippen LogP) is 4.81. The van der Waals surface area contributed by atoms with Crippen LogP contribution >= 0.6 is 11.6 Å².